The van der Waals surface area contributed by atoms with E-state index in [-0.39, 0.29) is 11.6 Å². The Morgan fingerprint density at radius 3 is 2.59 bits per heavy atom. The highest BCUT2D eigenvalue weighted by Crippen LogP contribution is 2.39. The summed E-state index contributed by atoms with van der Waals surface area (Å²) in [5.74, 6) is 1.90. The van der Waals surface area contributed by atoms with Crippen molar-refractivity contribution in [1.82, 2.24) is 25.2 Å². The molecule has 1 fully saturated rings. The van der Waals surface area contributed by atoms with Crippen LogP contribution < -0.4 is 19.9 Å². The van der Waals surface area contributed by atoms with Crippen molar-refractivity contribution < 1.29 is 9.47 Å². The van der Waals surface area contributed by atoms with Crippen molar-refractivity contribution in [3.8, 4) is 11.5 Å². The Kier molecular flexibility index (Phi) is 6.28. The second-order valence-electron chi connectivity index (χ2n) is 9.95. The molecule has 3 heterocycles. The molecule has 6 rings (SSSR count). The van der Waals surface area contributed by atoms with Gasteiger partial charge in [0.25, 0.3) is 5.56 Å². The first kappa shape index (κ1) is 23.5. The summed E-state index contributed by atoms with van der Waals surface area (Å²) >= 11 is 0. The quantitative estimate of drug-likeness (QED) is 0.414. The highest BCUT2D eigenvalue weighted by Gasteiger charge is 2.35. The second kappa shape index (κ2) is 9.88. The van der Waals surface area contributed by atoms with Crippen LogP contribution in [0.4, 0.5) is 5.69 Å². The summed E-state index contributed by atoms with van der Waals surface area (Å²) in [7, 11) is 3.20. The molecule has 0 spiro atoms. The number of pyridine rings is 1. The maximum absolute atomic E-state index is 13.7. The third kappa shape index (κ3) is 4.22. The van der Waals surface area contributed by atoms with Gasteiger partial charge in [0.2, 0.25) is 0 Å². The number of para-hydroxylation sites is 1. The third-order valence-corrected chi connectivity index (χ3v) is 7.81. The van der Waals surface area contributed by atoms with E-state index in [0.29, 0.717) is 28.4 Å². The van der Waals surface area contributed by atoms with E-state index in [1.54, 1.807) is 20.3 Å². The van der Waals surface area contributed by atoms with Gasteiger partial charge in [-0.15, -0.1) is 5.10 Å². The van der Waals surface area contributed by atoms with E-state index in [1.807, 2.05) is 16.8 Å². The molecule has 1 atom stereocenters. The van der Waals surface area contributed by atoms with Gasteiger partial charge in [0.05, 0.1) is 25.8 Å². The molecule has 4 aromatic rings. The number of rotatable bonds is 6. The first-order valence-corrected chi connectivity index (χ1v) is 13.1. The van der Waals surface area contributed by atoms with Gasteiger partial charge in [0.1, 0.15) is 6.04 Å². The van der Waals surface area contributed by atoms with Gasteiger partial charge in [-0.05, 0) is 59.9 Å². The monoisotopic (exact) mass is 500 g/mol. The minimum absolute atomic E-state index is 0.161. The van der Waals surface area contributed by atoms with Gasteiger partial charge in [-0.1, -0.05) is 37.5 Å². The molecule has 1 saturated carbocycles. The standard InChI is InChI=1S/C28H32N6O3/c1-36-24-16-19-15-21(28(35)29-22(19)17-25(24)37-2)26(33-14-8-10-18-9-6-7-13-23(18)33)27-30-31-32-34(27)20-11-4-3-5-12-20/h6-7,9,13,15-17,20,26H,3-5,8,10-12,14H2,1-2H3,(H,29,35). The van der Waals surface area contributed by atoms with Crippen LogP contribution in [-0.2, 0) is 6.42 Å². The number of hydrogen-bond donors (Lipinski definition) is 1. The molecule has 1 aliphatic carbocycles. The number of aromatic nitrogens is 5. The molecule has 2 aliphatic rings. The van der Waals surface area contributed by atoms with Crippen LogP contribution in [0.1, 0.15) is 67.6 Å². The van der Waals surface area contributed by atoms with Crippen molar-refractivity contribution in [2.45, 2.75) is 57.0 Å². The Balaban J connectivity index is 1.55. The molecule has 1 aliphatic heterocycles. The van der Waals surface area contributed by atoms with Crippen molar-refractivity contribution in [2.75, 3.05) is 25.7 Å². The third-order valence-electron chi connectivity index (χ3n) is 7.81. The summed E-state index contributed by atoms with van der Waals surface area (Å²) in [4.78, 5) is 19.1. The average molecular weight is 501 g/mol. The average Bonchev–Trinajstić information content (AvgIpc) is 3.43. The molecule has 0 saturated heterocycles. The number of aromatic amines is 1. The number of hydrogen-bond acceptors (Lipinski definition) is 7. The topological polar surface area (TPSA) is 98.2 Å². The number of benzene rings is 2. The lowest BCUT2D eigenvalue weighted by molar-refractivity contribution is 0.313. The number of tetrazole rings is 1. The molecule has 1 unspecified atom stereocenters. The number of nitrogens with zero attached hydrogens (tertiary/aromatic N) is 5. The van der Waals surface area contributed by atoms with E-state index < -0.39 is 6.04 Å². The Morgan fingerprint density at radius 1 is 1.00 bits per heavy atom. The maximum Gasteiger partial charge on any atom is 0.254 e. The van der Waals surface area contributed by atoms with Crippen LogP contribution in [-0.4, -0.2) is 46.0 Å². The lowest BCUT2D eigenvalue weighted by Gasteiger charge is -2.38. The van der Waals surface area contributed by atoms with E-state index in [1.165, 1.54) is 24.8 Å². The fraction of sp³-hybridized carbons (Fsp3) is 0.429. The summed E-state index contributed by atoms with van der Waals surface area (Å²) in [6.07, 6.45) is 7.68. The van der Waals surface area contributed by atoms with Gasteiger partial charge < -0.3 is 19.4 Å². The molecular formula is C28H32N6O3. The van der Waals surface area contributed by atoms with Gasteiger partial charge in [0, 0.05) is 29.2 Å². The molecule has 9 heteroatoms. The Bertz CT molecular complexity index is 1470. The zero-order chi connectivity index (χ0) is 25.4. The zero-order valence-corrected chi connectivity index (χ0v) is 21.3. The molecule has 0 bridgehead atoms. The Labute approximate surface area is 215 Å². The van der Waals surface area contributed by atoms with Crippen LogP contribution in [0.2, 0.25) is 0 Å². The highest BCUT2D eigenvalue weighted by molar-refractivity contribution is 5.83. The van der Waals surface area contributed by atoms with Crippen molar-refractivity contribution in [2.24, 2.45) is 0 Å². The van der Waals surface area contributed by atoms with Crippen molar-refractivity contribution in [1.29, 1.82) is 0 Å². The fourth-order valence-corrected chi connectivity index (χ4v) is 6.00. The molecule has 192 valence electrons. The fourth-order valence-electron chi connectivity index (χ4n) is 6.00. The zero-order valence-electron chi connectivity index (χ0n) is 21.3. The predicted molar refractivity (Wildman–Crippen MR) is 142 cm³/mol. The predicted octanol–water partition coefficient (Wildman–Crippen LogP) is 4.58. The van der Waals surface area contributed by atoms with E-state index in [2.05, 4.69) is 49.7 Å². The highest BCUT2D eigenvalue weighted by atomic mass is 16.5. The lowest BCUT2D eigenvalue weighted by atomic mass is 9.94. The normalized spacial score (nSPS) is 17.0. The Morgan fingerprint density at radius 2 is 1.78 bits per heavy atom. The smallest absolute Gasteiger partial charge is 0.254 e. The van der Waals surface area contributed by atoms with E-state index in [4.69, 9.17) is 9.47 Å². The second-order valence-corrected chi connectivity index (χ2v) is 9.95. The molecule has 2 aromatic heterocycles. The summed E-state index contributed by atoms with van der Waals surface area (Å²) in [6.45, 7) is 0.808. The molecule has 1 N–H and O–H groups in total. The van der Waals surface area contributed by atoms with Crippen molar-refractivity contribution in [3.05, 3.63) is 69.8 Å². The molecule has 0 radical (unpaired) electrons. The van der Waals surface area contributed by atoms with Gasteiger partial charge in [-0.3, -0.25) is 4.79 Å². The lowest BCUT2D eigenvalue weighted by Crippen LogP contribution is -2.39. The summed E-state index contributed by atoms with van der Waals surface area (Å²) in [5, 5.41) is 14.0. The number of ether oxygens (including phenoxy) is 2. The van der Waals surface area contributed by atoms with Crippen LogP contribution in [0.25, 0.3) is 10.9 Å². The van der Waals surface area contributed by atoms with Gasteiger partial charge in [-0.25, -0.2) is 4.68 Å². The number of methoxy groups -OCH3 is 2. The van der Waals surface area contributed by atoms with Crippen molar-refractivity contribution in [3.63, 3.8) is 0 Å². The molecule has 9 nitrogen and oxygen atoms in total. The van der Waals surface area contributed by atoms with Crippen LogP contribution in [0, 0.1) is 0 Å². The van der Waals surface area contributed by atoms with Crippen LogP contribution in [0.15, 0.2) is 47.3 Å². The van der Waals surface area contributed by atoms with Crippen LogP contribution in [0.3, 0.4) is 0 Å². The number of H-pyrrole nitrogens is 1. The molecular weight excluding hydrogens is 468 g/mol. The van der Waals surface area contributed by atoms with Crippen LogP contribution in [0.5, 0.6) is 11.5 Å². The maximum atomic E-state index is 13.7. The van der Waals surface area contributed by atoms with Gasteiger partial charge in [0.15, 0.2) is 17.3 Å². The largest absolute Gasteiger partial charge is 0.493 e. The van der Waals surface area contributed by atoms with Gasteiger partial charge >= 0.3 is 0 Å². The number of aryl methyl sites for hydroxylation is 1. The minimum Gasteiger partial charge on any atom is -0.493 e. The summed E-state index contributed by atoms with van der Waals surface area (Å²) in [6, 6.07) is 13.9. The van der Waals surface area contributed by atoms with Crippen LogP contribution >= 0.6 is 0 Å². The van der Waals surface area contributed by atoms with E-state index in [0.717, 1.165) is 43.3 Å². The number of nitrogens with one attached hydrogen (secondary N) is 1. The van der Waals surface area contributed by atoms with E-state index >= 15 is 0 Å². The molecule has 2 aromatic carbocycles. The summed E-state index contributed by atoms with van der Waals surface area (Å²) < 4.78 is 13.0. The van der Waals surface area contributed by atoms with E-state index in [9.17, 15) is 4.79 Å². The number of anilines is 1. The minimum atomic E-state index is -0.431. The number of fused-ring (bicyclic) bond motifs is 2. The molecule has 37 heavy (non-hydrogen) atoms. The first-order valence-electron chi connectivity index (χ1n) is 13.1. The Hall–Kier alpha value is -3.88. The van der Waals surface area contributed by atoms with Crippen molar-refractivity contribution >= 4 is 16.6 Å². The van der Waals surface area contributed by atoms with Gasteiger partial charge in [-0.2, -0.15) is 0 Å². The molecule has 0 amide bonds. The first-order chi connectivity index (χ1) is 18.2. The SMILES string of the molecule is COc1cc2cc(C(c3nnnn3C3CCCCC3)N3CCCc4ccccc43)c(=O)[nH]c2cc1OC. The summed E-state index contributed by atoms with van der Waals surface area (Å²) in [5.41, 5.74) is 3.55.